The first-order valence-electron chi connectivity index (χ1n) is 6.76. The van der Waals surface area contributed by atoms with Crippen molar-refractivity contribution in [2.45, 2.75) is 36.0 Å². The molecule has 0 aromatic heterocycles. The lowest BCUT2D eigenvalue weighted by molar-refractivity contribution is 0.318. The molecular weight excluding hydrogens is 280 g/mol. The molecule has 0 spiro atoms. The molecule has 0 radical (unpaired) electrons. The summed E-state index contributed by atoms with van der Waals surface area (Å²) >= 11 is 1.69. The molecule has 0 bridgehead atoms. The van der Waals surface area contributed by atoms with E-state index in [0.717, 1.165) is 4.90 Å². The predicted octanol–water partition coefficient (Wildman–Crippen LogP) is 4.23. The normalized spacial score (nSPS) is 12.4. The second-order valence-electron chi connectivity index (χ2n) is 5.89. The summed E-state index contributed by atoms with van der Waals surface area (Å²) in [6, 6.07) is 16.3. The number of hydrogen-bond acceptors (Lipinski definition) is 3. The van der Waals surface area contributed by atoms with Gasteiger partial charge < -0.3 is 10.9 Å². The van der Waals surface area contributed by atoms with Crippen LogP contribution < -0.4 is 5.73 Å². The van der Waals surface area contributed by atoms with Gasteiger partial charge >= 0.3 is 0 Å². The number of hydrogen-bond donors (Lipinski definition) is 2. The largest absolute Gasteiger partial charge is 0.409 e. The summed E-state index contributed by atoms with van der Waals surface area (Å²) in [5.41, 5.74) is 7.76. The molecule has 3 nitrogen and oxygen atoms in total. The molecule has 21 heavy (non-hydrogen) atoms. The van der Waals surface area contributed by atoms with Crippen molar-refractivity contribution in [1.82, 2.24) is 0 Å². The van der Waals surface area contributed by atoms with Gasteiger partial charge in [-0.05, 0) is 35.2 Å². The van der Waals surface area contributed by atoms with Crippen LogP contribution in [-0.4, -0.2) is 11.0 Å². The van der Waals surface area contributed by atoms with Gasteiger partial charge in [-0.25, -0.2) is 0 Å². The van der Waals surface area contributed by atoms with E-state index in [1.165, 1.54) is 10.5 Å². The molecule has 0 fully saturated rings. The average Bonchev–Trinajstić information content (AvgIpc) is 2.47. The first-order valence-corrected chi connectivity index (χ1v) is 7.58. The third-order valence-corrected chi connectivity index (χ3v) is 4.23. The highest BCUT2D eigenvalue weighted by Gasteiger charge is 2.12. The first-order chi connectivity index (χ1) is 9.90. The van der Waals surface area contributed by atoms with Gasteiger partial charge in [0.05, 0.1) is 0 Å². The monoisotopic (exact) mass is 300 g/mol. The van der Waals surface area contributed by atoms with Crippen LogP contribution in [0.4, 0.5) is 0 Å². The van der Waals surface area contributed by atoms with Gasteiger partial charge in [-0.2, -0.15) is 0 Å². The standard InChI is InChI=1S/C17H20N2OS/c1-17(2,3)13-6-10-15(11-7-13)21-14-8-4-12(5-9-14)16(18)19-20/h4-11,20H,1-3H3,(H2,18,19). The third kappa shape index (κ3) is 4.02. The van der Waals surface area contributed by atoms with E-state index in [2.05, 4.69) is 50.2 Å². The fourth-order valence-electron chi connectivity index (χ4n) is 1.91. The second kappa shape index (κ2) is 6.22. The van der Waals surface area contributed by atoms with E-state index in [-0.39, 0.29) is 11.3 Å². The molecule has 0 aliphatic heterocycles. The van der Waals surface area contributed by atoms with E-state index in [1.54, 1.807) is 11.8 Å². The molecule has 0 aliphatic rings. The predicted molar refractivity (Wildman–Crippen MR) is 88.2 cm³/mol. The van der Waals surface area contributed by atoms with Gasteiger partial charge in [-0.3, -0.25) is 0 Å². The van der Waals surface area contributed by atoms with Crippen molar-refractivity contribution in [2.24, 2.45) is 10.9 Å². The quantitative estimate of drug-likeness (QED) is 0.386. The number of nitrogens with two attached hydrogens (primary N) is 1. The maximum absolute atomic E-state index is 8.64. The zero-order valence-corrected chi connectivity index (χ0v) is 13.3. The Labute approximate surface area is 129 Å². The number of amidine groups is 1. The lowest BCUT2D eigenvalue weighted by Crippen LogP contribution is -2.12. The lowest BCUT2D eigenvalue weighted by Gasteiger charge is -2.19. The number of nitrogens with zero attached hydrogens (tertiary/aromatic N) is 1. The smallest absolute Gasteiger partial charge is 0.170 e. The van der Waals surface area contributed by atoms with E-state index in [9.17, 15) is 0 Å². The minimum absolute atomic E-state index is 0.126. The van der Waals surface area contributed by atoms with Crippen molar-refractivity contribution in [3.63, 3.8) is 0 Å². The van der Waals surface area contributed by atoms with Crippen LogP contribution in [0.5, 0.6) is 0 Å². The van der Waals surface area contributed by atoms with E-state index in [0.29, 0.717) is 5.56 Å². The Morgan fingerprint density at radius 3 is 1.86 bits per heavy atom. The molecule has 0 saturated heterocycles. The third-order valence-electron chi connectivity index (χ3n) is 3.21. The Bertz CT molecular complexity index is 625. The molecule has 2 aromatic rings. The van der Waals surface area contributed by atoms with Crippen molar-refractivity contribution in [1.29, 1.82) is 0 Å². The Morgan fingerprint density at radius 2 is 1.43 bits per heavy atom. The maximum Gasteiger partial charge on any atom is 0.170 e. The lowest BCUT2D eigenvalue weighted by atomic mass is 9.87. The van der Waals surface area contributed by atoms with Gasteiger partial charge in [0.25, 0.3) is 0 Å². The Hall–Kier alpha value is -1.94. The van der Waals surface area contributed by atoms with Crippen molar-refractivity contribution in [3.8, 4) is 0 Å². The maximum atomic E-state index is 8.64. The Balaban J connectivity index is 2.11. The summed E-state index contributed by atoms with van der Waals surface area (Å²) in [6.45, 7) is 6.63. The molecule has 2 aromatic carbocycles. The highest BCUT2D eigenvalue weighted by atomic mass is 32.2. The minimum atomic E-state index is 0.126. The van der Waals surface area contributed by atoms with E-state index >= 15 is 0 Å². The summed E-state index contributed by atoms with van der Waals surface area (Å²) in [5, 5.41) is 11.6. The van der Waals surface area contributed by atoms with E-state index in [1.807, 2.05) is 24.3 Å². The molecule has 0 amide bonds. The summed E-state index contributed by atoms with van der Waals surface area (Å²) in [6.07, 6.45) is 0. The van der Waals surface area contributed by atoms with Gasteiger partial charge in [-0.15, -0.1) is 0 Å². The topological polar surface area (TPSA) is 58.6 Å². The first kappa shape index (κ1) is 15.4. The molecule has 0 heterocycles. The van der Waals surface area contributed by atoms with Crippen LogP contribution in [0.15, 0.2) is 63.5 Å². The average molecular weight is 300 g/mol. The van der Waals surface area contributed by atoms with Gasteiger partial charge in [0.15, 0.2) is 5.84 Å². The van der Waals surface area contributed by atoms with Gasteiger partial charge in [0.2, 0.25) is 0 Å². The summed E-state index contributed by atoms with van der Waals surface area (Å²) in [4.78, 5) is 2.31. The molecule has 0 aliphatic carbocycles. The van der Waals surface area contributed by atoms with E-state index < -0.39 is 0 Å². The summed E-state index contributed by atoms with van der Waals surface area (Å²) in [5.74, 6) is 0.126. The molecular formula is C17H20N2OS. The van der Waals surface area contributed by atoms with Crippen LogP contribution in [0.2, 0.25) is 0 Å². The number of benzene rings is 2. The van der Waals surface area contributed by atoms with Crippen LogP contribution in [-0.2, 0) is 5.41 Å². The van der Waals surface area contributed by atoms with Crippen LogP contribution in [0, 0.1) is 0 Å². The van der Waals surface area contributed by atoms with Crippen molar-refractivity contribution in [3.05, 3.63) is 59.7 Å². The fraction of sp³-hybridized carbons (Fsp3) is 0.235. The van der Waals surface area contributed by atoms with Crippen LogP contribution in [0.1, 0.15) is 31.9 Å². The molecule has 0 unspecified atom stereocenters. The zero-order chi connectivity index (χ0) is 15.5. The highest BCUT2D eigenvalue weighted by Crippen LogP contribution is 2.30. The van der Waals surface area contributed by atoms with Crippen molar-refractivity contribution in [2.75, 3.05) is 0 Å². The minimum Gasteiger partial charge on any atom is -0.409 e. The van der Waals surface area contributed by atoms with Crippen LogP contribution in [0.25, 0.3) is 0 Å². The SMILES string of the molecule is CC(C)(C)c1ccc(Sc2ccc(/C(N)=N/O)cc2)cc1. The summed E-state index contributed by atoms with van der Waals surface area (Å²) < 4.78 is 0. The Morgan fingerprint density at radius 1 is 0.952 bits per heavy atom. The van der Waals surface area contributed by atoms with Crippen LogP contribution >= 0.6 is 11.8 Å². The molecule has 4 heteroatoms. The molecule has 2 rings (SSSR count). The molecule has 110 valence electrons. The number of oxime groups is 1. The zero-order valence-electron chi connectivity index (χ0n) is 12.5. The molecule has 3 N–H and O–H groups in total. The highest BCUT2D eigenvalue weighted by molar-refractivity contribution is 7.99. The molecule has 0 saturated carbocycles. The van der Waals surface area contributed by atoms with Gasteiger partial charge in [0, 0.05) is 15.4 Å². The summed E-state index contributed by atoms with van der Waals surface area (Å²) in [7, 11) is 0. The Kier molecular flexibility index (Phi) is 4.58. The van der Waals surface area contributed by atoms with Crippen LogP contribution in [0.3, 0.4) is 0 Å². The van der Waals surface area contributed by atoms with Crippen molar-refractivity contribution < 1.29 is 5.21 Å². The van der Waals surface area contributed by atoms with Crippen molar-refractivity contribution >= 4 is 17.6 Å². The molecule has 0 atom stereocenters. The van der Waals surface area contributed by atoms with Gasteiger partial charge in [-0.1, -0.05) is 62.0 Å². The number of rotatable bonds is 3. The fourth-order valence-corrected chi connectivity index (χ4v) is 2.73. The van der Waals surface area contributed by atoms with E-state index in [4.69, 9.17) is 10.9 Å². The second-order valence-corrected chi connectivity index (χ2v) is 7.03. The van der Waals surface area contributed by atoms with Gasteiger partial charge in [0.1, 0.15) is 0 Å².